The van der Waals surface area contributed by atoms with E-state index < -0.39 is 0 Å². The fourth-order valence-corrected chi connectivity index (χ4v) is 3.30. The average Bonchev–Trinajstić information content (AvgIpc) is 2.84. The molecule has 122 valence electrons. The van der Waals surface area contributed by atoms with Crippen LogP contribution in [0.4, 0.5) is 4.39 Å². The molecule has 3 rings (SSSR count). The Labute approximate surface area is 136 Å². The van der Waals surface area contributed by atoms with Gasteiger partial charge in [-0.1, -0.05) is 11.6 Å². The van der Waals surface area contributed by atoms with Gasteiger partial charge in [0.1, 0.15) is 5.82 Å². The Kier molecular flexibility index (Phi) is 4.79. The molecular formula is C19H23FN2O. The van der Waals surface area contributed by atoms with E-state index in [1.54, 1.807) is 6.07 Å². The Hall–Kier alpha value is -2.10. The number of allylic oxidation sites excluding steroid dienone is 1. The number of halogens is 1. The number of carbonyl (C=O) groups is 1. The van der Waals surface area contributed by atoms with Crippen molar-refractivity contribution >= 4 is 16.8 Å². The van der Waals surface area contributed by atoms with Crippen molar-refractivity contribution in [2.45, 2.75) is 45.4 Å². The number of rotatable bonds is 5. The molecule has 4 heteroatoms. The maximum absolute atomic E-state index is 13.5. The van der Waals surface area contributed by atoms with Crippen LogP contribution in [0.1, 0.15) is 43.4 Å². The summed E-state index contributed by atoms with van der Waals surface area (Å²) in [5, 5.41) is 3.79. The molecule has 1 aliphatic carbocycles. The van der Waals surface area contributed by atoms with E-state index in [1.165, 1.54) is 37.0 Å². The number of carbonyl (C=O) groups excluding carboxylic acids is 1. The van der Waals surface area contributed by atoms with Crippen LogP contribution in [-0.2, 0) is 11.2 Å². The standard InChI is InChI=1S/C19H23FN2O/c1-13-16(17-11-15(20)7-8-18(17)22-13)12-19(23)21-10-9-14-5-3-2-4-6-14/h5,7-8,11,22H,2-4,6,9-10,12H2,1H3,(H,21,23). The third-order valence-corrected chi connectivity index (χ3v) is 4.57. The van der Waals surface area contributed by atoms with Crippen LogP contribution >= 0.6 is 0 Å². The summed E-state index contributed by atoms with van der Waals surface area (Å²) < 4.78 is 13.5. The van der Waals surface area contributed by atoms with Crippen LogP contribution in [0.3, 0.4) is 0 Å². The summed E-state index contributed by atoms with van der Waals surface area (Å²) in [6.45, 7) is 2.60. The minimum absolute atomic E-state index is 0.00493. The number of amides is 1. The molecule has 1 aromatic heterocycles. The van der Waals surface area contributed by atoms with E-state index in [1.807, 2.05) is 6.92 Å². The van der Waals surface area contributed by atoms with Gasteiger partial charge in [-0.25, -0.2) is 4.39 Å². The van der Waals surface area contributed by atoms with Crippen LogP contribution < -0.4 is 5.32 Å². The first-order valence-electron chi connectivity index (χ1n) is 8.35. The van der Waals surface area contributed by atoms with E-state index in [-0.39, 0.29) is 18.1 Å². The van der Waals surface area contributed by atoms with Gasteiger partial charge >= 0.3 is 0 Å². The zero-order valence-electron chi connectivity index (χ0n) is 13.5. The highest BCUT2D eigenvalue weighted by Gasteiger charge is 2.13. The molecule has 23 heavy (non-hydrogen) atoms. The predicted molar refractivity (Wildman–Crippen MR) is 90.9 cm³/mol. The van der Waals surface area contributed by atoms with Crippen molar-refractivity contribution in [2.24, 2.45) is 0 Å². The first-order chi connectivity index (χ1) is 11.1. The number of H-pyrrole nitrogens is 1. The molecule has 0 aliphatic heterocycles. The molecule has 3 nitrogen and oxygen atoms in total. The Balaban J connectivity index is 1.60. The van der Waals surface area contributed by atoms with Crippen molar-refractivity contribution in [3.63, 3.8) is 0 Å². The molecule has 1 aliphatic rings. The number of fused-ring (bicyclic) bond motifs is 1. The highest BCUT2D eigenvalue weighted by Crippen LogP contribution is 2.23. The number of hydrogen-bond donors (Lipinski definition) is 2. The van der Waals surface area contributed by atoms with Crippen molar-refractivity contribution in [3.05, 3.63) is 46.9 Å². The van der Waals surface area contributed by atoms with Gasteiger partial charge in [0.25, 0.3) is 0 Å². The molecule has 1 aromatic carbocycles. The zero-order chi connectivity index (χ0) is 16.2. The van der Waals surface area contributed by atoms with Crippen molar-refractivity contribution < 1.29 is 9.18 Å². The maximum Gasteiger partial charge on any atom is 0.224 e. The Morgan fingerprint density at radius 3 is 3.00 bits per heavy atom. The molecule has 0 spiro atoms. The van der Waals surface area contributed by atoms with Crippen LogP contribution in [0.2, 0.25) is 0 Å². The molecule has 0 fully saturated rings. The number of hydrogen-bond acceptors (Lipinski definition) is 1. The van der Waals surface area contributed by atoms with Crippen LogP contribution in [0.15, 0.2) is 29.8 Å². The molecule has 0 unspecified atom stereocenters. The van der Waals surface area contributed by atoms with Gasteiger partial charge < -0.3 is 10.3 Å². The van der Waals surface area contributed by atoms with Crippen molar-refractivity contribution in [2.75, 3.05) is 6.54 Å². The largest absolute Gasteiger partial charge is 0.358 e. The summed E-state index contributed by atoms with van der Waals surface area (Å²) in [4.78, 5) is 15.4. The van der Waals surface area contributed by atoms with Gasteiger partial charge in [-0.05, 0) is 62.8 Å². The summed E-state index contributed by atoms with van der Waals surface area (Å²) in [7, 11) is 0. The second-order valence-electron chi connectivity index (χ2n) is 6.30. The van der Waals surface area contributed by atoms with Crippen LogP contribution in [0.25, 0.3) is 10.9 Å². The van der Waals surface area contributed by atoms with E-state index in [9.17, 15) is 9.18 Å². The first kappa shape index (κ1) is 15.8. The third kappa shape index (κ3) is 3.81. The normalized spacial score (nSPS) is 14.8. The first-order valence-corrected chi connectivity index (χ1v) is 8.35. The molecule has 1 heterocycles. The Morgan fingerprint density at radius 2 is 2.22 bits per heavy atom. The van der Waals surface area contributed by atoms with Gasteiger partial charge in [0.05, 0.1) is 6.42 Å². The summed E-state index contributed by atoms with van der Waals surface area (Å²) in [5.41, 5.74) is 4.14. The number of aromatic amines is 1. The van der Waals surface area contributed by atoms with Crippen molar-refractivity contribution in [1.29, 1.82) is 0 Å². The molecule has 1 amide bonds. The summed E-state index contributed by atoms with van der Waals surface area (Å²) >= 11 is 0. The topological polar surface area (TPSA) is 44.9 Å². The van der Waals surface area contributed by atoms with E-state index in [4.69, 9.17) is 0 Å². The zero-order valence-corrected chi connectivity index (χ0v) is 13.5. The monoisotopic (exact) mass is 314 g/mol. The molecule has 0 saturated heterocycles. The minimum atomic E-state index is -0.276. The summed E-state index contributed by atoms with van der Waals surface area (Å²) in [6, 6.07) is 4.64. The molecule has 0 bridgehead atoms. The average molecular weight is 314 g/mol. The van der Waals surface area contributed by atoms with Gasteiger partial charge in [0.15, 0.2) is 0 Å². The lowest BCUT2D eigenvalue weighted by molar-refractivity contribution is -0.120. The lowest BCUT2D eigenvalue weighted by atomic mass is 9.97. The van der Waals surface area contributed by atoms with Crippen molar-refractivity contribution in [3.8, 4) is 0 Å². The molecule has 2 aromatic rings. The quantitative estimate of drug-likeness (QED) is 0.800. The predicted octanol–water partition coefficient (Wildman–Crippen LogP) is 4.16. The van der Waals surface area contributed by atoms with Gasteiger partial charge in [-0.15, -0.1) is 0 Å². The lowest BCUT2D eigenvalue weighted by Gasteiger charge is -2.13. The number of aromatic nitrogens is 1. The maximum atomic E-state index is 13.5. The van der Waals surface area contributed by atoms with E-state index >= 15 is 0 Å². The second kappa shape index (κ2) is 6.99. The summed E-state index contributed by atoms with van der Waals surface area (Å²) in [5.74, 6) is -0.280. The second-order valence-corrected chi connectivity index (χ2v) is 6.30. The van der Waals surface area contributed by atoms with Gasteiger partial charge in [-0.2, -0.15) is 0 Å². The number of benzene rings is 1. The van der Waals surface area contributed by atoms with Gasteiger partial charge in [0, 0.05) is 23.1 Å². The van der Waals surface area contributed by atoms with Gasteiger partial charge in [0.2, 0.25) is 5.91 Å². The number of nitrogens with one attached hydrogen (secondary N) is 2. The fourth-order valence-electron chi connectivity index (χ4n) is 3.30. The minimum Gasteiger partial charge on any atom is -0.358 e. The smallest absolute Gasteiger partial charge is 0.224 e. The van der Waals surface area contributed by atoms with Crippen LogP contribution in [0, 0.1) is 12.7 Å². The SMILES string of the molecule is Cc1[nH]c2ccc(F)cc2c1CC(=O)NCCC1=CCCCC1. The van der Waals surface area contributed by atoms with E-state index in [0.717, 1.165) is 35.0 Å². The highest BCUT2D eigenvalue weighted by atomic mass is 19.1. The lowest BCUT2D eigenvalue weighted by Crippen LogP contribution is -2.26. The van der Waals surface area contributed by atoms with Gasteiger partial charge in [-0.3, -0.25) is 4.79 Å². The Morgan fingerprint density at radius 1 is 1.35 bits per heavy atom. The molecular weight excluding hydrogens is 291 g/mol. The third-order valence-electron chi connectivity index (χ3n) is 4.57. The molecule has 0 saturated carbocycles. The van der Waals surface area contributed by atoms with Crippen molar-refractivity contribution in [1.82, 2.24) is 10.3 Å². The Bertz CT molecular complexity index is 745. The van der Waals surface area contributed by atoms with Crippen LogP contribution in [-0.4, -0.2) is 17.4 Å². The highest BCUT2D eigenvalue weighted by molar-refractivity contribution is 5.90. The fraction of sp³-hybridized carbons (Fsp3) is 0.421. The molecule has 2 N–H and O–H groups in total. The molecule has 0 radical (unpaired) electrons. The van der Waals surface area contributed by atoms with E-state index in [2.05, 4.69) is 16.4 Å². The van der Waals surface area contributed by atoms with Crippen LogP contribution in [0.5, 0.6) is 0 Å². The summed E-state index contributed by atoms with van der Waals surface area (Å²) in [6.07, 6.45) is 8.41. The van der Waals surface area contributed by atoms with E-state index in [0.29, 0.717) is 6.54 Å². The molecule has 0 atom stereocenters. The number of aryl methyl sites for hydroxylation is 1.